The largest absolute Gasteiger partial charge is 0.313 e. The SMILES string of the molecule is CCNC(C(C)C)C(C)c1ccc(C)cc1C. The lowest BCUT2D eigenvalue weighted by Crippen LogP contribution is -2.38. The first-order chi connectivity index (χ1) is 7.97. The van der Waals surface area contributed by atoms with Gasteiger partial charge in [0.1, 0.15) is 0 Å². The van der Waals surface area contributed by atoms with E-state index in [-0.39, 0.29) is 0 Å². The molecule has 96 valence electrons. The molecule has 0 amide bonds. The second-order valence-corrected chi connectivity index (χ2v) is 5.48. The van der Waals surface area contributed by atoms with Gasteiger partial charge in [-0.2, -0.15) is 0 Å². The minimum atomic E-state index is 0.557. The summed E-state index contributed by atoms with van der Waals surface area (Å²) in [5.74, 6) is 1.22. The Morgan fingerprint density at radius 1 is 1.12 bits per heavy atom. The lowest BCUT2D eigenvalue weighted by Gasteiger charge is -2.29. The molecule has 0 spiro atoms. The van der Waals surface area contributed by atoms with Gasteiger partial charge in [-0.15, -0.1) is 0 Å². The summed E-state index contributed by atoms with van der Waals surface area (Å²) < 4.78 is 0. The zero-order valence-electron chi connectivity index (χ0n) is 12.2. The number of likely N-dealkylation sites (N-methyl/N-ethyl adjacent to an activating group) is 1. The summed E-state index contributed by atoms with van der Waals surface area (Å²) in [6.07, 6.45) is 0. The maximum absolute atomic E-state index is 3.62. The lowest BCUT2D eigenvalue weighted by atomic mass is 9.84. The van der Waals surface area contributed by atoms with Gasteiger partial charge < -0.3 is 5.32 Å². The molecule has 0 saturated heterocycles. The molecule has 0 radical (unpaired) electrons. The maximum atomic E-state index is 3.62. The van der Waals surface area contributed by atoms with Gasteiger partial charge in [0.2, 0.25) is 0 Å². The van der Waals surface area contributed by atoms with Gasteiger partial charge in [-0.25, -0.2) is 0 Å². The first-order valence-electron chi connectivity index (χ1n) is 6.77. The number of nitrogens with one attached hydrogen (secondary N) is 1. The van der Waals surface area contributed by atoms with Crippen molar-refractivity contribution in [3.63, 3.8) is 0 Å². The number of aryl methyl sites for hydroxylation is 2. The van der Waals surface area contributed by atoms with Gasteiger partial charge in [-0.3, -0.25) is 0 Å². The molecule has 1 heteroatoms. The first-order valence-corrected chi connectivity index (χ1v) is 6.77. The molecular formula is C16H27N. The van der Waals surface area contributed by atoms with Crippen LogP contribution in [0.5, 0.6) is 0 Å². The van der Waals surface area contributed by atoms with Crippen LogP contribution in [0, 0.1) is 19.8 Å². The first kappa shape index (κ1) is 14.2. The Morgan fingerprint density at radius 3 is 2.24 bits per heavy atom. The second-order valence-electron chi connectivity index (χ2n) is 5.48. The Morgan fingerprint density at radius 2 is 1.76 bits per heavy atom. The van der Waals surface area contributed by atoms with Crippen LogP contribution in [-0.4, -0.2) is 12.6 Å². The second kappa shape index (κ2) is 6.20. The van der Waals surface area contributed by atoms with Crippen molar-refractivity contribution in [2.45, 2.75) is 53.5 Å². The molecule has 0 saturated carbocycles. The van der Waals surface area contributed by atoms with E-state index in [9.17, 15) is 0 Å². The third kappa shape index (κ3) is 3.57. The summed E-state index contributed by atoms with van der Waals surface area (Å²) in [6, 6.07) is 7.36. The fourth-order valence-electron chi connectivity index (χ4n) is 2.76. The molecule has 0 heterocycles. The fourth-order valence-corrected chi connectivity index (χ4v) is 2.76. The van der Waals surface area contributed by atoms with Crippen molar-refractivity contribution >= 4 is 0 Å². The lowest BCUT2D eigenvalue weighted by molar-refractivity contribution is 0.359. The highest BCUT2D eigenvalue weighted by Crippen LogP contribution is 2.27. The average molecular weight is 233 g/mol. The standard InChI is InChI=1S/C16H27N/c1-7-17-16(11(2)3)14(6)15-9-8-12(4)10-13(15)5/h8-11,14,16-17H,7H2,1-6H3. The Labute approximate surface area is 107 Å². The Hall–Kier alpha value is -0.820. The van der Waals surface area contributed by atoms with E-state index in [0.717, 1.165) is 6.54 Å². The maximum Gasteiger partial charge on any atom is 0.0156 e. The van der Waals surface area contributed by atoms with Gasteiger partial charge in [-0.1, -0.05) is 51.5 Å². The van der Waals surface area contributed by atoms with Crippen molar-refractivity contribution in [1.29, 1.82) is 0 Å². The molecule has 1 aromatic carbocycles. The van der Waals surface area contributed by atoms with Gasteiger partial charge in [-0.05, 0) is 43.4 Å². The molecule has 0 fully saturated rings. The summed E-state index contributed by atoms with van der Waals surface area (Å²) in [5.41, 5.74) is 4.25. The Balaban J connectivity index is 2.96. The van der Waals surface area contributed by atoms with E-state index >= 15 is 0 Å². The van der Waals surface area contributed by atoms with Crippen LogP contribution in [0.4, 0.5) is 0 Å². The number of hydrogen-bond acceptors (Lipinski definition) is 1. The molecule has 0 aliphatic rings. The van der Waals surface area contributed by atoms with Crippen molar-refractivity contribution < 1.29 is 0 Å². The molecule has 2 atom stereocenters. The van der Waals surface area contributed by atoms with Gasteiger partial charge in [0, 0.05) is 6.04 Å². The molecule has 2 unspecified atom stereocenters. The third-order valence-corrected chi connectivity index (χ3v) is 3.61. The van der Waals surface area contributed by atoms with E-state index in [1.54, 1.807) is 0 Å². The Bertz CT molecular complexity index is 355. The number of hydrogen-bond donors (Lipinski definition) is 1. The topological polar surface area (TPSA) is 12.0 Å². The van der Waals surface area contributed by atoms with Crippen LogP contribution in [-0.2, 0) is 0 Å². The van der Waals surface area contributed by atoms with Crippen LogP contribution in [0.15, 0.2) is 18.2 Å². The molecule has 0 aliphatic carbocycles. The van der Waals surface area contributed by atoms with E-state index in [0.29, 0.717) is 17.9 Å². The van der Waals surface area contributed by atoms with Gasteiger partial charge in [0.25, 0.3) is 0 Å². The predicted octanol–water partition coefficient (Wildman–Crippen LogP) is 4.04. The summed E-state index contributed by atoms with van der Waals surface area (Å²) in [7, 11) is 0. The van der Waals surface area contributed by atoms with Crippen LogP contribution >= 0.6 is 0 Å². The van der Waals surface area contributed by atoms with Gasteiger partial charge in [0.15, 0.2) is 0 Å². The number of benzene rings is 1. The van der Waals surface area contributed by atoms with Crippen LogP contribution < -0.4 is 5.32 Å². The van der Waals surface area contributed by atoms with Crippen molar-refractivity contribution in [2.24, 2.45) is 5.92 Å². The molecule has 1 nitrogen and oxygen atoms in total. The highest BCUT2D eigenvalue weighted by molar-refractivity contribution is 5.33. The average Bonchev–Trinajstić information content (AvgIpc) is 2.24. The van der Waals surface area contributed by atoms with E-state index in [4.69, 9.17) is 0 Å². The van der Waals surface area contributed by atoms with Crippen molar-refractivity contribution in [1.82, 2.24) is 5.32 Å². The van der Waals surface area contributed by atoms with E-state index in [2.05, 4.69) is 65.1 Å². The van der Waals surface area contributed by atoms with Gasteiger partial charge >= 0.3 is 0 Å². The van der Waals surface area contributed by atoms with E-state index in [1.165, 1.54) is 16.7 Å². The zero-order valence-corrected chi connectivity index (χ0v) is 12.2. The summed E-state index contributed by atoms with van der Waals surface area (Å²) >= 11 is 0. The summed E-state index contributed by atoms with van der Waals surface area (Å²) in [6.45, 7) is 14.5. The van der Waals surface area contributed by atoms with Crippen LogP contribution in [0.25, 0.3) is 0 Å². The summed E-state index contributed by atoms with van der Waals surface area (Å²) in [4.78, 5) is 0. The molecular weight excluding hydrogens is 206 g/mol. The zero-order chi connectivity index (χ0) is 13.0. The molecule has 0 aromatic heterocycles. The van der Waals surface area contributed by atoms with E-state index < -0.39 is 0 Å². The molecule has 17 heavy (non-hydrogen) atoms. The van der Waals surface area contributed by atoms with Crippen molar-refractivity contribution in [3.8, 4) is 0 Å². The predicted molar refractivity (Wildman–Crippen MR) is 76.6 cm³/mol. The summed E-state index contributed by atoms with van der Waals surface area (Å²) in [5, 5.41) is 3.62. The molecule has 1 N–H and O–H groups in total. The normalized spacial score (nSPS) is 15.0. The third-order valence-electron chi connectivity index (χ3n) is 3.61. The highest BCUT2D eigenvalue weighted by Gasteiger charge is 2.22. The monoisotopic (exact) mass is 233 g/mol. The van der Waals surface area contributed by atoms with Crippen LogP contribution in [0.3, 0.4) is 0 Å². The quantitative estimate of drug-likeness (QED) is 0.809. The van der Waals surface area contributed by atoms with Gasteiger partial charge in [0.05, 0.1) is 0 Å². The molecule has 0 bridgehead atoms. The molecule has 1 rings (SSSR count). The minimum absolute atomic E-state index is 0.557. The highest BCUT2D eigenvalue weighted by atomic mass is 14.9. The number of rotatable bonds is 5. The Kier molecular flexibility index (Phi) is 5.20. The minimum Gasteiger partial charge on any atom is -0.313 e. The molecule has 1 aromatic rings. The molecule has 0 aliphatic heterocycles. The van der Waals surface area contributed by atoms with Crippen LogP contribution in [0.1, 0.15) is 50.3 Å². The smallest absolute Gasteiger partial charge is 0.0156 e. The van der Waals surface area contributed by atoms with Crippen molar-refractivity contribution in [2.75, 3.05) is 6.54 Å². The fraction of sp³-hybridized carbons (Fsp3) is 0.625. The van der Waals surface area contributed by atoms with Crippen molar-refractivity contribution in [3.05, 3.63) is 34.9 Å². The van der Waals surface area contributed by atoms with E-state index in [1.807, 2.05) is 0 Å². The van der Waals surface area contributed by atoms with Crippen LogP contribution in [0.2, 0.25) is 0 Å².